The lowest BCUT2D eigenvalue weighted by molar-refractivity contribution is 0.244. The van der Waals surface area contributed by atoms with Crippen molar-refractivity contribution in [1.29, 1.82) is 0 Å². The third-order valence-electron chi connectivity index (χ3n) is 2.74. The van der Waals surface area contributed by atoms with E-state index in [0.29, 0.717) is 6.61 Å². The lowest BCUT2D eigenvalue weighted by Gasteiger charge is -2.22. The molecule has 0 spiro atoms. The van der Waals surface area contributed by atoms with Gasteiger partial charge >= 0.3 is 0 Å². The van der Waals surface area contributed by atoms with Crippen LogP contribution in [-0.2, 0) is 4.74 Å². The molecule has 0 bridgehead atoms. The number of ether oxygens (including phenoxy) is 1. The van der Waals surface area contributed by atoms with E-state index in [4.69, 9.17) is 4.74 Å². The molecule has 0 saturated heterocycles. The second-order valence-electron chi connectivity index (χ2n) is 3.54. The number of allylic oxidation sites excluding steroid dienone is 3. The molecule has 0 aromatic rings. The number of rotatable bonds is 0. The molecule has 2 nitrogen and oxygen atoms in total. The Morgan fingerprint density at radius 3 is 3.31 bits per heavy atom. The number of aliphatic imine (C=N–C) groups is 1. The summed E-state index contributed by atoms with van der Waals surface area (Å²) in [6.07, 6.45) is 9.54. The summed E-state index contributed by atoms with van der Waals surface area (Å²) >= 11 is 0. The van der Waals surface area contributed by atoms with E-state index in [1.165, 1.54) is 11.1 Å². The Kier molecular flexibility index (Phi) is 1.42. The van der Waals surface area contributed by atoms with Gasteiger partial charge < -0.3 is 4.74 Å². The molecule has 0 saturated carbocycles. The minimum absolute atomic E-state index is 0.700. The molecule has 2 heterocycles. The Hall–Kier alpha value is -1.31. The molecular formula is C11H11NO. The van der Waals surface area contributed by atoms with Gasteiger partial charge in [-0.25, -0.2) is 0 Å². The highest BCUT2D eigenvalue weighted by molar-refractivity contribution is 5.70. The molecule has 0 unspecified atom stereocenters. The average molecular weight is 173 g/mol. The highest BCUT2D eigenvalue weighted by atomic mass is 16.5. The Balaban J connectivity index is 2.11. The van der Waals surface area contributed by atoms with Crippen LogP contribution in [0, 0.1) is 0 Å². The normalized spacial score (nSPS) is 24.6. The van der Waals surface area contributed by atoms with E-state index < -0.39 is 0 Å². The van der Waals surface area contributed by atoms with Gasteiger partial charge in [0.25, 0.3) is 0 Å². The Morgan fingerprint density at radius 2 is 2.31 bits per heavy atom. The maximum Gasteiger partial charge on any atom is 0.148 e. The van der Waals surface area contributed by atoms with Crippen molar-refractivity contribution in [2.24, 2.45) is 4.99 Å². The van der Waals surface area contributed by atoms with Crippen molar-refractivity contribution in [3.8, 4) is 0 Å². The summed E-state index contributed by atoms with van der Waals surface area (Å²) in [4.78, 5) is 4.38. The van der Waals surface area contributed by atoms with Gasteiger partial charge in [0.15, 0.2) is 0 Å². The van der Waals surface area contributed by atoms with Gasteiger partial charge in [-0.1, -0.05) is 6.08 Å². The van der Waals surface area contributed by atoms with Crippen LogP contribution in [0.5, 0.6) is 0 Å². The van der Waals surface area contributed by atoms with Crippen LogP contribution >= 0.6 is 0 Å². The molecule has 0 fully saturated rings. The molecule has 3 rings (SSSR count). The van der Waals surface area contributed by atoms with Crippen molar-refractivity contribution in [3.63, 3.8) is 0 Å². The number of nitrogens with zero attached hydrogens (tertiary/aromatic N) is 1. The van der Waals surface area contributed by atoms with Crippen LogP contribution in [0.2, 0.25) is 0 Å². The largest absolute Gasteiger partial charge is 0.487 e. The summed E-state index contributed by atoms with van der Waals surface area (Å²) in [6.45, 7) is 0.700. The summed E-state index contributed by atoms with van der Waals surface area (Å²) in [5.74, 6) is 1.04. The van der Waals surface area contributed by atoms with Crippen molar-refractivity contribution in [3.05, 3.63) is 34.8 Å². The number of hydrogen-bond acceptors (Lipinski definition) is 2. The van der Waals surface area contributed by atoms with Crippen molar-refractivity contribution in [1.82, 2.24) is 0 Å². The zero-order valence-electron chi connectivity index (χ0n) is 7.42. The zero-order valence-corrected chi connectivity index (χ0v) is 7.42. The van der Waals surface area contributed by atoms with Gasteiger partial charge in [0.05, 0.1) is 0 Å². The molecule has 0 aromatic heterocycles. The molecule has 66 valence electrons. The second-order valence-corrected chi connectivity index (χ2v) is 3.54. The Bertz CT molecular complexity index is 372. The highest BCUT2D eigenvalue weighted by Gasteiger charge is 2.24. The van der Waals surface area contributed by atoms with Gasteiger partial charge in [0, 0.05) is 12.6 Å². The Morgan fingerprint density at radius 1 is 1.31 bits per heavy atom. The fraction of sp³-hybridized carbons (Fsp3) is 0.364. The molecule has 0 radical (unpaired) electrons. The highest BCUT2D eigenvalue weighted by Crippen LogP contribution is 2.37. The van der Waals surface area contributed by atoms with Crippen LogP contribution in [-0.4, -0.2) is 12.8 Å². The van der Waals surface area contributed by atoms with E-state index in [2.05, 4.69) is 17.1 Å². The van der Waals surface area contributed by atoms with E-state index in [9.17, 15) is 0 Å². The van der Waals surface area contributed by atoms with Crippen LogP contribution in [0.3, 0.4) is 0 Å². The lowest BCUT2D eigenvalue weighted by atomic mass is 9.93. The predicted molar refractivity (Wildman–Crippen MR) is 51.5 cm³/mol. The van der Waals surface area contributed by atoms with Gasteiger partial charge in [0.1, 0.15) is 18.1 Å². The number of hydrogen-bond donors (Lipinski definition) is 0. The smallest absolute Gasteiger partial charge is 0.148 e. The van der Waals surface area contributed by atoms with E-state index in [1.807, 2.05) is 6.21 Å². The first-order valence-corrected chi connectivity index (χ1v) is 4.72. The lowest BCUT2D eigenvalue weighted by Crippen LogP contribution is -2.08. The first kappa shape index (κ1) is 7.13. The fourth-order valence-electron chi connectivity index (χ4n) is 2.07. The van der Waals surface area contributed by atoms with E-state index in [0.717, 1.165) is 30.7 Å². The van der Waals surface area contributed by atoms with Crippen molar-refractivity contribution in [2.45, 2.75) is 19.3 Å². The van der Waals surface area contributed by atoms with E-state index in [-0.39, 0.29) is 0 Å². The summed E-state index contributed by atoms with van der Waals surface area (Å²) in [7, 11) is 0. The standard InChI is InChI=1S/C11H11NO/c1-2-9-4-3-8-5-6-12-10(8)11(9)13-7-1/h1-2,6H,3-5,7H2. The van der Waals surface area contributed by atoms with Crippen LogP contribution in [0.1, 0.15) is 19.3 Å². The van der Waals surface area contributed by atoms with Crippen molar-refractivity contribution >= 4 is 6.21 Å². The molecule has 0 N–H and O–H groups in total. The summed E-state index contributed by atoms with van der Waals surface area (Å²) in [5, 5.41) is 0. The molecule has 13 heavy (non-hydrogen) atoms. The van der Waals surface area contributed by atoms with Crippen LogP contribution in [0.25, 0.3) is 0 Å². The summed E-state index contributed by atoms with van der Waals surface area (Å²) < 4.78 is 5.62. The number of fused-ring (bicyclic) bond motifs is 1. The SMILES string of the molecule is C1=CC2=C(OC1)C1=C(CC=N1)CC2. The van der Waals surface area contributed by atoms with E-state index in [1.54, 1.807) is 0 Å². The molecule has 1 aliphatic carbocycles. The molecule has 2 aliphatic heterocycles. The first-order valence-electron chi connectivity index (χ1n) is 4.72. The van der Waals surface area contributed by atoms with E-state index >= 15 is 0 Å². The molecule has 2 heteroatoms. The Labute approximate surface area is 77.3 Å². The fourth-order valence-corrected chi connectivity index (χ4v) is 2.07. The van der Waals surface area contributed by atoms with Crippen molar-refractivity contribution in [2.75, 3.05) is 6.61 Å². The van der Waals surface area contributed by atoms with Crippen LogP contribution in [0.15, 0.2) is 39.7 Å². The third-order valence-corrected chi connectivity index (χ3v) is 2.74. The quantitative estimate of drug-likeness (QED) is 0.551. The molecule has 0 atom stereocenters. The maximum atomic E-state index is 5.62. The van der Waals surface area contributed by atoms with Gasteiger partial charge in [-0.3, -0.25) is 4.99 Å². The molecule has 0 aromatic carbocycles. The average Bonchev–Trinajstić information content (AvgIpc) is 2.65. The topological polar surface area (TPSA) is 21.6 Å². The third kappa shape index (κ3) is 0.981. The minimum atomic E-state index is 0.700. The first-order chi connectivity index (χ1) is 6.45. The van der Waals surface area contributed by atoms with Crippen LogP contribution in [0.4, 0.5) is 0 Å². The molecule has 3 aliphatic rings. The van der Waals surface area contributed by atoms with Gasteiger partial charge in [0.2, 0.25) is 0 Å². The maximum absolute atomic E-state index is 5.62. The van der Waals surface area contributed by atoms with Crippen LogP contribution < -0.4 is 0 Å². The van der Waals surface area contributed by atoms with Gasteiger partial charge in [-0.05, 0) is 30.1 Å². The predicted octanol–water partition coefficient (Wildman–Crippen LogP) is 2.35. The molecular weight excluding hydrogens is 162 g/mol. The van der Waals surface area contributed by atoms with Crippen molar-refractivity contribution < 1.29 is 4.74 Å². The minimum Gasteiger partial charge on any atom is -0.487 e. The summed E-state index contributed by atoms with van der Waals surface area (Å²) in [6, 6.07) is 0. The molecule has 0 amide bonds. The second kappa shape index (κ2) is 2.59. The zero-order chi connectivity index (χ0) is 8.67. The van der Waals surface area contributed by atoms with Gasteiger partial charge in [-0.15, -0.1) is 0 Å². The monoisotopic (exact) mass is 173 g/mol. The van der Waals surface area contributed by atoms with Gasteiger partial charge in [-0.2, -0.15) is 0 Å². The summed E-state index contributed by atoms with van der Waals surface area (Å²) in [5.41, 5.74) is 3.89.